The number of aliphatic imine (C=N–C) groups is 1. The van der Waals surface area contributed by atoms with Crippen LogP contribution < -0.4 is 4.74 Å². The Morgan fingerprint density at radius 1 is 1.48 bits per heavy atom. The second kappa shape index (κ2) is 4.49. The first-order valence-corrected chi connectivity index (χ1v) is 7.12. The van der Waals surface area contributed by atoms with Gasteiger partial charge in [-0.2, -0.15) is 0 Å². The monoisotopic (exact) mass is 289 g/mol. The van der Waals surface area contributed by atoms with Crippen molar-refractivity contribution in [3.63, 3.8) is 0 Å². The van der Waals surface area contributed by atoms with Crippen molar-refractivity contribution in [3.8, 4) is 5.88 Å². The molecule has 0 aromatic carbocycles. The summed E-state index contributed by atoms with van der Waals surface area (Å²) in [4.78, 5) is 19.2. The summed E-state index contributed by atoms with van der Waals surface area (Å²) in [5.41, 5.74) is 0.245. The van der Waals surface area contributed by atoms with Gasteiger partial charge in [0.15, 0.2) is 0 Å². The molecule has 0 N–H and O–H groups in total. The predicted molar refractivity (Wildman–Crippen MR) is 73.8 cm³/mol. The number of ether oxygens (including phenoxy) is 2. The molecular formula is C14H15N3O4. The third kappa shape index (κ3) is 2.37. The van der Waals surface area contributed by atoms with Gasteiger partial charge in [0.2, 0.25) is 0 Å². The van der Waals surface area contributed by atoms with Crippen LogP contribution in [0.3, 0.4) is 0 Å². The molecule has 21 heavy (non-hydrogen) atoms. The lowest BCUT2D eigenvalue weighted by molar-refractivity contribution is -0.389. The van der Waals surface area contributed by atoms with Crippen LogP contribution in [0, 0.1) is 10.1 Å². The van der Waals surface area contributed by atoms with Crippen molar-refractivity contribution in [2.24, 2.45) is 4.99 Å². The first-order chi connectivity index (χ1) is 10.1. The third-order valence-electron chi connectivity index (χ3n) is 4.14. The van der Waals surface area contributed by atoms with Gasteiger partial charge in [0, 0.05) is 30.1 Å². The minimum Gasteiger partial charge on any atom is -0.456 e. The van der Waals surface area contributed by atoms with Gasteiger partial charge in [-0.25, -0.2) is 0 Å². The van der Waals surface area contributed by atoms with Crippen molar-refractivity contribution in [2.75, 3.05) is 6.61 Å². The van der Waals surface area contributed by atoms with Gasteiger partial charge in [-0.1, -0.05) is 0 Å². The summed E-state index contributed by atoms with van der Waals surface area (Å²) >= 11 is 0. The molecule has 0 atom stereocenters. The van der Waals surface area contributed by atoms with E-state index in [-0.39, 0.29) is 17.5 Å². The summed E-state index contributed by atoms with van der Waals surface area (Å²) in [5, 5.41) is 11.2. The van der Waals surface area contributed by atoms with E-state index >= 15 is 0 Å². The lowest BCUT2D eigenvalue weighted by atomic mass is 9.79. The molecule has 0 unspecified atom stereocenters. The van der Waals surface area contributed by atoms with Crippen LogP contribution in [0.15, 0.2) is 17.1 Å². The molecule has 1 aromatic heterocycles. The van der Waals surface area contributed by atoms with Gasteiger partial charge in [-0.3, -0.25) is 4.99 Å². The molecule has 0 amide bonds. The predicted octanol–water partition coefficient (Wildman–Crippen LogP) is 1.88. The van der Waals surface area contributed by atoms with E-state index in [1.54, 1.807) is 18.3 Å². The standard InChI is InChI=1S/C14H15N3O4/c18-17(19)13-9(1-4-12(16-13)21-10-2-3-10)7-15-14-5-11(6-14)20-8-14/h1,4,7,10-11H,2-3,5-6,8H2. The van der Waals surface area contributed by atoms with Gasteiger partial charge >= 0.3 is 11.7 Å². The maximum absolute atomic E-state index is 11.2. The van der Waals surface area contributed by atoms with Crippen molar-refractivity contribution < 1.29 is 14.4 Å². The Hall–Kier alpha value is -2.02. The fourth-order valence-corrected chi connectivity index (χ4v) is 2.76. The first kappa shape index (κ1) is 12.7. The Bertz CT molecular complexity index is 615. The zero-order valence-electron chi connectivity index (χ0n) is 11.4. The van der Waals surface area contributed by atoms with Crippen molar-refractivity contribution >= 4 is 12.0 Å². The fraction of sp³-hybridized carbons (Fsp3) is 0.571. The van der Waals surface area contributed by atoms with Gasteiger partial charge in [-0.15, -0.1) is 0 Å². The highest BCUT2D eigenvalue weighted by Gasteiger charge is 2.51. The Morgan fingerprint density at radius 3 is 2.90 bits per heavy atom. The molecule has 110 valence electrons. The average molecular weight is 289 g/mol. The lowest BCUT2D eigenvalue weighted by Crippen LogP contribution is -2.37. The van der Waals surface area contributed by atoms with Crippen LogP contribution in [0.25, 0.3) is 0 Å². The van der Waals surface area contributed by atoms with Crippen LogP contribution in [0.4, 0.5) is 5.82 Å². The minimum absolute atomic E-state index is 0.165. The van der Waals surface area contributed by atoms with Gasteiger partial charge in [0.25, 0.3) is 0 Å². The molecule has 4 fully saturated rings. The number of hydrogen-bond donors (Lipinski definition) is 0. The number of pyridine rings is 1. The third-order valence-corrected chi connectivity index (χ3v) is 4.14. The van der Waals surface area contributed by atoms with E-state index in [2.05, 4.69) is 9.98 Å². The van der Waals surface area contributed by atoms with Crippen LogP contribution >= 0.6 is 0 Å². The van der Waals surface area contributed by atoms with Crippen LogP contribution in [0.5, 0.6) is 5.88 Å². The topological polar surface area (TPSA) is 86.9 Å². The largest absolute Gasteiger partial charge is 0.456 e. The smallest absolute Gasteiger partial charge is 0.376 e. The summed E-state index contributed by atoms with van der Waals surface area (Å²) in [6.45, 7) is 0.609. The van der Waals surface area contributed by atoms with Crippen molar-refractivity contribution in [2.45, 2.75) is 43.4 Å². The lowest BCUT2D eigenvalue weighted by Gasteiger charge is -2.30. The first-order valence-electron chi connectivity index (χ1n) is 7.12. The van der Waals surface area contributed by atoms with E-state index in [0.717, 1.165) is 25.7 Å². The molecular weight excluding hydrogens is 274 g/mol. The second-order valence-corrected chi connectivity index (χ2v) is 5.96. The summed E-state index contributed by atoms with van der Waals surface area (Å²) in [6.07, 6.45) is 5.84. The van der Waals surface area contributed by atoms with E-state index in [0.29, 0.717) is 24.2 Å². The molecule has 2 aliphatic carbocycles. The summed E-state index contributed by atoms with van der Waals surface area (Å²) in [5.74, 6) is 0.107. The quantitative estimate of drug-likeness (QED) is 0.469. The molecule has 4 aliphatic rings. The molecule has 7 heteroatoms. The molecule has 3 heterocycles. The molecule has 0 spiro atoms. The summed E-state index contributed by atoms with van der Waals surface area (Å²) in [7, 11) is 0. The van der Waals surface area contributed by atoms with Gasteiger partial charge < -0.3 is 19.6 Å². The molecule has 5 rings (SSSR count). The number of hydrogen-bond acceptors (Lipinski definition) is 6. The maximum Gasteiger partial charge on any atom is 0.376 e. The number of nitro groups is 1. The normalized spacial score (nSPS) is 30.4. The summed E-state index contributed by atoms with van der Waals surface area (Å²) in [6, 6.07) is 3.31. The molecule has 0 radical (unpaired) electrons. The van der Waals surface area contributed by atoms with E-state index in [1.165, 1.54) is 0 Å². The Kier molecular flexibility index (Phi) is 2.72. The molecule has 2 bridgehead atoms. The maximum atomic E-state index is 11.2. The summed E-state index contributed by atoms with van der Waals surface area (Å²) < 4.78 is 11.0. The van der Waals surface area contributed by atoms with E-state index in [1.807, 2.05) is 0 Å². The zero-order valence-corrected chi connectivity index (χ0v) is 11.4. The Morgan fingerprint density at radius 2 is 2.29 bits per heavy atom. The van der Waals surface area contributed by atoms with Gasteiger partial charge in [0.05, 0.1) is 23.8 Å². The number of nitrogens with zero attached hydrogens (tertiary/aromatic N) is 3. The van der Waals surface area contributed by atoms with E-state index in [4.69, 9.17) is 9.47 Å². The number of aromatic nitrogens is 1. The Balaban J connectivity index is 1.58. The minimum atomic E-state index is -0.493. The van der Waals surface area contributed by atoms with E-state index in [9.17, 15) is 10.1 Å². The molecule has 1 aromatic rings. The number of rotatable bonds is 5. The van der Waals surface area contributed by atoms with Crippen LogP contribution in [-0.2, 0) is 4.74 Å². The molecule has 2 saturated carbocycles. The van der Waals surface area contributed by atoms with Crippen molar-refractivity contribution in [3.05, 3.63) is 27.8 Å². The Labute approximate surface area is 121 Å². The van der Waals surface area contributed by atoms with Crippen LogP contribution in [0.2, 0.25) is 0 Å². The number of fused-ring (bicyclic) bond motifs is 1. The zero-order chi connectivity index (χ0) is 14.4. The van der Waals surface area contributed by atoms with Crippen molar-refractivity contribution in [1.82, 2.24) is 4.98 Å². The van der Waals surface area contributed by atoms with E-state index < -0.39 is 4.92 Å². The fourth-order valence-electron chi connectivity index (χ4n) is 2.76. The van der Waals surface area contributed by atoms with Gasteiger partial charge in [-0.05, 0) is 23.8 Å². The second-order valence-electron chi connectivity index (χ2n) is 5.96. The average Bonchev–Trinajstić information content (AvgIpc) is 3.01. The van der Waals surface area contributed by atoms with Crippen LogP contribution in [0.1, 0.15) is 31.2 Å². The highest BCUT2D eigenvalue weighted by atomic mass is 16.6. The van der Waals surface area contributed by atoms with Gasteiger partial charge in [0.1, 0.15) is 6.10 Å². The molecule has 2 aliphatic heterocycles. The molecule has 7 nitrogen and oxygen atoms in total. The molecule has 2 saturated heterocycles. The van der Waals surface area contributed by atoms with Crippen molar-refractivity contribution in [1.29, 1.82) is 0 Å². The highest BCUT2D eigenvalue weighted by Crippen LogP contribution is 2.45. The SMILES string of the molecule is O=[N+]([O-])c1nc(OC2CC2)ccc1C=NC12COC(C1)C2. The highest BCUT2D eigenvalue weighted by molar-refractivity contribution is 5.84. The van der Waals surface area contributed by atoms with Crippen LogP contribution in [-0.4, -0.2) is 40.5 Å².